The Morgan fingerprint density at radius 1 is 1.11 bits per heavy atom. The fraction of sp³-hybridized carbons (Fsp3) is 0.174. The Hall–Kier alpha value is -4.48. The molecule has 2 aromatic heterocycles. The second-order valence-corrected chi connectivity index (χ2v) is 7.45. The van der Waals surface area contributed by atoms with Crippen LogP contribution >= 0.6 is 0 Å². The number of ether oxygens (including phenoxy) is 1. The van der Waals surface area contributed by atoms with E-state index in [2.05, 4.69) is 25.6 Å². The molecule has 0 radical (unpaired) electrons. The quantitative estimate of drug-likeness (QED) is 0.443. The molecule has 180 valence electrons. The standard InChI is InChI=1S/C23H19F3N6O3/c1-12-18-11-28-21(27-2)30-19(18)31-22(34)32(12)16-8-15(9-17(10-16)35-3)29-20(33)13-5-4-6-14(7-13)23(24,25)26/h4-11H,1-3H3,(H,29,33)(H,27,30,31,34). The Bertz CT molecular complexity index is 1500. The Labute approximate surface area is 196 Å². The van der Waals surface area contributed by atoms with Crippen LogP contribution < -0.4 is 21.1 Å². The van der Waals surface area contributed by atoms with Crippen molar-refractivity contribution >= 4 is 28.6 Å². The molecule has 1 amide bonds. The smallest absolute Gasteiger partial charge is 0.416 e. The summed E-state index contributed by atoms with van der Waals surface area (Å²) in [6, 6.07) is 8.59. The molecule has 12 heteroatoms. The van der Waals surface area contributed by atoms with Gasteiger partial charge in [-0.15, -0.1) is 0 Å². The molecule has 2 aromatic carbocycles. The highest BCUT2D eigenvalue weighted by Crippen LogP contribution is 2.30. The lowest BCUT2D eigenvalue weighted by Crippen LogP contribution is -2.24. The molecule has 0 spiro atoms. The zero-order valence-corrected chi connectivity index (χ0v) is 18.8. The number of carbonyl (C=O) groups is 1. The number of anilines is 2. The highest BCUT2D eigenvalue weighted by molar-refractivity contribution is 6.04. The number of rotatable bonds is 5. The first kappa shape index (κ1) is 23.7. The van der Waals surface area contributed by atoms with Crippen molar-refractivity contribution in [2.24, 2.45) is 0 Å². The van der Waals surface area contributed by atoms with E-state index in [0.29, 0.717) is 28.5 Å². The van der Waals surface area contributed by atoms with E-state index < -0.39 is 23.3 Å². The number of carbonyl (C=O) groups excluding carboxylic acids is 1. The monoisotopic (exact) mass is 484 g/mol. The number of nitrogens with zero attached hydrogens (tertiary/aromatic N) is 4. The molecule has 0 bridgehead atoms. The second-order valence-electron chi connectivity index (χ2n) is 7.45. The topological polar surface area (TPSA) is 111 Å². The first-order valence-electron chi connectivity index (χ1n) is 10.2. The van der Waals surface area contributed by atoms with Gasteiger partial charge >= 0.3 is 11.9 Å². The largest absolute Gasteiger partial charge is 0.497 e. The van der Waals surface area contributed by atoms with Gasteiger partial charge in [0.05, 0.1) is 23.7 Å². The molecule has 0 unspecified atom stereocenters. The van der Waals surface area contributed by atoms with E-state index in [4.69, 9.17) is 4.74 Å². The summed E-state index contributed by atoms with van der Waals surface area (Å²) in [5.41, 5.74) is -0.519. The van der Waals surface area contributed by atoms with Gasteiger partial charge in [-0.1, -0.05) is 6.07 Å². The molecule has 0 aliphatic carbocycles. The van der Waals surface area contributed by atoms with Crippen molar-refractivity contribution in [3.63, 3.8) is 0 Å². The molecule has 0 aliphatic rings. The molecule has 35 heavy (non-hydrogen) atoms. The minimum atomic E-state index is -4.58. The molecular weight excluding hydrogens is 465 g/mol. The van der Waals surface area contributed by atoms with Gasteiger partial charge in [0.2, 0.25) is 5.95 Å². The Morgan fingerprint density at radius 2 is 1.89 bits per heavy atom. The van der Waals surface area contributed by atoms with Gasteiger partial charge in [0.25, 0.3) is 5.91 Å². The molecule has 0 fully saturated rings. The number of benzene rings is 2. The minimum absolute atomic E-state index is 0.178. The summed E-state index contributed by atoms with van der Waals surface area (Å²) < 4.78 is 45.7. The van der Waals surface area contributed by atoms with Crippen LogP contribution in [-0.2, 0) is 6.18 Å². The van der Waals surface area contributed by atoms with Crippen molar-refractivity contribution in [2.45, 2.75) is 13.1 Å². The van der Waals surface area contributed by atoms with Gasteiger partial charge < -0.3 is 15.4 Å². The zero-order valence-electron chi connectivity index (χ0n) is 18.8. The molecule has 4 rings (SSSR count). The zero-order chi connectivity index (χ0) is 25.3. The molecular formula is C23H19F3N6O3. The summed E-state index contributed by atoms with van der Waals surface area (Å²) in [5, 5.41) is 5.87. The normalized spacial score (nSPS) is 11.4. The molecule has 4 aromatic rings. The van der Waals surface area contributed by atoms with Crippen LogP contribution in [0.1, 0.15) is 21.6 Å². The lowest BCUT2D eigenvalue weighted by Gasteiger charge is -2.15. The molecule has 0 atom stereocenters. The number of hydrogen-bond acceptors (Lipinski definition) is 7. The average Bonchev–Trinajstić information content (AvgIpc) is 2.83. The van der Waals surface area contributed by atoms with Gasteiger partial charge in [-0.2, -0.15) is 23.1 Å². The first-order chi connectivity index (χ1) is 16.6. The number of hydrogen-bond donors (Lipinski definition) is 2. The first-order valence-corrected chi connectivity index (χ1v) is 10.2. The van der Waals surface area contributed by atoms with Crippen LogP contribution in [0.2, 0.25) is 0 Å². The van der Waals surface area contributed by atoms with Crippen molar-refractivity contribution in [3.8, 4) is 11.4 Å². The van der Waals surface area contributed by atoms with E-state index in [0.717, 1.165) is 18.2 Å². The van der Waals surface area contributed by atoms with Crippen molar-refractivity contribution in [3.05, 3.63) is 76.0 Å². The average molecular weight is 484 g/mol. The molecule has 2 N–H and O–H groups in total. The fourth-order valence-corrected chi connectivity index (χ4v) is 3.48. The number of alkyl halides is 3. The third-order valence-corrected chi connectivity index (χ3v) is 5.21. The van der Waals surface area contributed by atoms with E-state index in [1.165, 1.54) is 36.1 Å². The number of methoxy groups -OCH3 is 1. The van der Waals surface area contributed by atoms with Gasteiger partial charge in [-0.05, 0) is 31.2 Å². The van der Waals surface area contributed by atoms with E-state index in [-0.39, 0.29) is 16.9 Å². The molecule has 0 aliphatic heterocycles. The summed E-state index contributed by atoms with van der Waals surface area (Å²) >= 11 is 0. The number of nitrogens with one attached hydrogen (secondary N) is 2. The van der Waals surface area contributed by atoms with Crippen LogP contribution in [0.3, 0.4) is 0 Å². The Kier molecular flexibility index (Phi) is 6.12. The second kappa shape index (κ2) is 9.05. The van der Waals surface area contributed by atoms with Crippen molar-refractivity contribution < 1.29 is 22.7 Å². The lowest BCUT2D eigenvalue weighted by atomic mass is 10.1. The number of fused-ring (bicyclic) bond motifs is 1. The minimum Gasteiger partial charge on any atom is -0.497 e. The summed E-state index contributed by atoms with van der Waals surface area (Å²) in [7, 11) is 3.04. The lowest BCUT2D eigenvalue weighted by molar-refractivity contribution is -0.137. The highest BCUT2D eigenvalue weighted by Gasteiger charge is 2.31. The maximum atomic E-state index is 13.0. The van der Waals surface area contributed by atoms with E-state index in [9.17, 15) is 22.8 Å². The van der Waals surface area contributed by atoms with E-state index >= 15 is 0 Å². The summed E-state index contributed by atoms with van der Waals surface area (Å²) in [5.74, 6) is -0.151. The number of aryl methyl sites for hydroxylation is 1. The van der Waals surface area contributed by atoms with Crippen LogP contribution in [0.5, 0.6) is 5.75 Å². The third kappa shape index (κ3) is 4.76. The van der Waals surface area contributed by atoms with Gasteiger partial charge in [-0.25, -0.2) is 9.78 Å². The molecule has 2 heterocycles. The number of amides is 1. The van der Waals surface area contributed by atoms with E-state index in [1.807, 2.05) is 0 Å². The molecule has 9 nitrogen and oxygen atoms in total. The Morgan fingerprint density at radius 3 is 2.57 bits per heavy atom. The van der Waals surface area contributed by atoms with Crippen LogP contribution in [0, 0.1) is 6.92 Å². The fourth-order valence-electron chi connectivity index (χ4n) is 3.48. The molecule has 0 saturated carbocycles. The Balaban J connectivity index is 1.76. The van der Waals surface area contributed by atoms with Gasteiger partial charge in [0.15, 0.2) is 5.65 Å². The molecule has 0 saturated heterocycles. The van der Waals surface area contributed by atoms with Crippen molar-refractivity contribution in [2.75, 3.05) is 24.8 Å². The third-order valence-electron chi connectivity index (χ3n) is 5.21. The maximum absolute atomic E-state index is 13.0. The summed E-state index contributed by atoms with van der Waals surface area (Å²) in [6.45, 7) is 1.69. The maximum Gasteiger partial charge on any atom is 0.416 e. The predicted octanol–water partition coefficient (Wildman–Crippen LogP) is 3.81. The number of aromatic nitrogens is 4. The highest BCUT2D eigenvalue weighted by atomic mass is 19.4. The van der Waals surface area contributed by atoms with Crippen LogP contribution in [0.4, 0.5) is 24.8 Å². The number of halogens is 3. The van der Waals surface area contributed by atoms with Crippen molar-refractivity contribution in [1.29, 1.82) is 0 Å². The van der Waals surface area contributed by atoms with Crippen LogP contribution in [0.15, 0.2) is 53.5 Å². The van der Waals surface area contributed by atoms with Crippen LogP contribution in [0.25, 0.3) is 16.7 Å². The summed E-state index contributed by atoms with van der Waals surface area (Å²) in [6.07, 6.45) is -3.05. The summed E-state index contributed by atoms with van der Waals surface area (Å²) in [4.78, 5) is 37.9. The predicted molar refractivity (Wildman–Crippen MR) is 123 cm³/mol. The van der Waals surface area contributed by atoms with E-state index in [1.54, 1.807) is 20.0 Å². The van der Waals surface area contributed by atoms with Gasteiger partial charge in [0, 0.05) is 42.3 Å². The van der Waals surface area contributed by atoms with Crippen molar-refractivity contribution in [1.82, 2.24) is 19.5 Å². The SMILES string of the molecule is CNc1ncc2c(C)n(-c3cc(NC(=O)c4cccc(C(F)(F)F)c4)cc(OC)c3)c(=O)nc2n1. The van der Waals surface area contributed by atoms with Gasteiger partial charge in [0.1, 0.15) is 5.75 Å². The van der Waals surface area contributed by atoms with Crippen LogP contribution in [-0.4, -0.2) is 39.6 Å². The van der Waals surface area contributed by atoms with Gasteiger partial charge in [-0.3, -0.25) is 9.36 Å².